The highest BCUT2D eigenvalue weighted by Crippen LogP contribution is 2.45. The third kappa shape index (κ3) is 7.77. The van der Waals surface area contributed by atoms with Gasteiger partial charge in [0.2, 0.25) is 0 Å². The third-order valence-corrected chi connectivity index (χ3v) is 10.5. The van der Waals surface area contributed by atoms with Crippen molar-refractivity contribution in [1.29, 1.82) is 0 Å². The lowest BCUT2D eigenvalue weighted by Gasteiger charge is -2.29. The minimum atomic E-state index is -0.950. The molecule has 0 radical (unpaired) electrons. The van der Waals surface area contributed by atoms with Crippen molar-refractivity contribution in [2.24, 2.45) is 7.05 Å². The third-order valence-electron chi connectivity index (χ3n) is 9.06. The van der Waals surface area contributed by atoms with E-state index >= 15 is 0 Å². The number of carbonyl (C=O) groups is 2. The Labute approximate surface area is 314 Å². The van der Waals surface area contributed by atoms with Crippen molar-refractivity contribution >= 4 is 61.9 Å². The van der Waals surface area contributed by atoms with Gasteiger partial charge in [-0.15, -0.1) is 11.3 Å². The van der Waals surface area contributed by atoms with E-state index < -0.39 is 23.3 Å². The second-order valence-electron chi connectivity index (χ2n) is 15.4. The highest BCUT2D eigenvalue weighted by atomic mass is 35.5. The molecule has 3 aromatic carbocycles. The highest BCUT2D eigenvalue weighted by molar-refractivity contribution is 7.22. The number of carbonyl (C=O) groups excluding carboxylic acids is 2. The normalized spacial score (nSPS) is 15.8. The van der Waals surface area contributed by atoms with Gasteiger partial charge in [-0.05, 0) is 109 Å². The number of nitrogens with zero attached hydrogens (tertiary/aromatic N) is 5. The average molecular weight is 746 g/mol. The zero-order chi connectivity index (χ0) is 37.7. The van der Waals surface area contributed by atoms with E-state index in [4.69, 9.17) is 35.9 Å². The van der Waals surface area contributed by atoms with E-state index in [2.05, 4.69) is 23.1 Å². The van der Waals surface area contributed by atoms with Crippen LogP contribution in [-0.4, -0.2) is 75.7 Å². The Hall–Kier alpha value is -4.19. The van der Waals surface area contributed by atoms with E-state index in [0.717, 1.165) is 72.7 Å². The fourth-order valence-corrected chi connectivity index (χ4v) is 7.97. The molecule has 2 aromatic heterocycles. The molecule has 276 valence electrons. The van der Waals surface area contributed by atoms with Gasteiger partial charge in [0.15, 0.2) is 11.9 Å². The maximum Gasteiger partial charge on any atom is 0.410 e. The first kappa shape index (κ1) is 37.6. The summed E-state index contributed by atoms with van der Waals surface area (Å²) >= 11 is 7.92. The predicted molar refractivity (Wildman–Crippen MR) is 209 cm³/mol. The van der Waals surface area contributed by atoms with E-state index in [1.54, 1.807) is 30.2 Å². The Balaban J connectivity index is 1.43. The van der Waals surface area contributed by atoms with Crippen LogP contribution in [0.1, 0.15) is 72.1 Å². The predicted octanol–water partition coefficient (Wildman–Crippen LogP) is 9.34. The maximum absolute atomic E-state index is 13.6. The van der Waals surface area contributed by atoms with Crippen molar-refractivity contribution in [3.05, 3.63) is 64.7 Å². The Morgan fingerprint density at radius 2 is 1.73 bits per heavy atom. The molecule has 6 rings (SSSR count). The number of rotatable bonds is 8. The van der Waals surface area contributed by atoms with Crippen LogP contribution in [0, 0.1) is 6.92 Å². The molecule has 0 spiro atoms. The first-order valence-electron chi connectivity index (χ1n) is 17.7. The number of anilines is 1. The standard InChI is InChI=1S/C40H48ClN5O5S/c1-11-49-37(47)33(50-39(3,4)5)31-23(2)20-29-34(32(31)24-12-15-26(41)16-13-24)52-36(42-29)25-14-17-30-28(21-25)35(43-45(30)10)46-19-18-27(22-46)44(9)38(48)51-40(6,7)8/h12-17,20-21,27,33H,11,18-19,22H2,1-10H3/t27-,33+/m1/s1. The van der Waals surface area contributed by atoms with Gasteiger partial charge in [-0.1, -0.05) is 23.7 Å². The van der Waals surface area contributed by atoms with Gasteiger partial charge in [-0.25, -0.2) is 14.6 Å². The van der Waals surface area contributed by atoms with Crippen molar-refractivity contribution < 1.29 is 23.8 Å². The number of amides is 1. The largest absolute Gasteiger partial charge is 0.464 e. The molecule has 3 heterocycles. The minimum Gasteiger partial charge on any atom is -0.464 e. The number of aryl methyl sites for hydroxylation is 2. The Bertz CT molecular complexity index is 2130. The summed E-state index contributed by atoms with van der Waals surface area (Å²) in [6.07, 6.45) is -0.460. The molecule has 2 atom stereocenters. The number of likely N-dealkylation sites (N-methyl/N-ethyl adjacent to an activating group) is 1. The van der Waals surface area contributed by atoms with Gasteiger partial charge in [0.1, 0.15) is 10.6 Å². The molecule has 1 amide bonds. The number of hydrogen-bond acceptors (Lipinski definition) is 9. The highest BCUT2D eigenvalue weighted by Gasteiger charge is 2.35. The van der Waals surface area contributed by atoms with Crippen LogP contribution < -0.4 is 4.90 Å². The van der Waals surface area contributed by atoms with Gasteiger partial charge < -0.3 is 24.0 Å². The second kappa shape index (κ2) is 14.3. The summed E-state index contributed by atoms with van der Waals surface area (Å²) in [6, 6.07) is 16.0. The van der Waals surface area contributed by atoms with Crippen molar-refractivity contribution in [1.82, 2.24) is 19.7 Å². The van der Waals surface area contributed by atoms with Gasteiger partial charge in [0.05, 0.1) is 34.0 Å². The number of aromatic nitrogens is 3. The molecule has 12 heteroatoms. The quantitative estimate of drug-likeness (QED) is 0.145. The molecular weight excluding hydrogens is 698 g/mol. The van der Waals surface area contributed by atoms with Crippen LogP contribution in [0.3, 0.4) is 0 Å². The Kier molecular flexibility index (Phi) is 10.3. The van der Waals surface area contributed by atoms with Crippen LogP contribution in [-0.2, 0) is 26.1 Å². The lowest BCUT2D eigenvalue weighted by Crippen LogP contribution is -2.42. The van der Waals surface area contributed by atoms with Crippen LogP contribution in [0.5, 0.6) is 0 Å². The van der Waals surface area contributed by atoms with Crippen LogP contribution in [0.4, 0.5) is 10.6 Å². The number of esters is 1. The molecule has 0 bridgehead atoms. The Morgan fingerprint density at radius 3 is 2.38 bits per heavy atom. The molecule has 0 unspecified atom stereocenters. The number of hydrogen-bond donors (Lipinski definition) is 0. The van der Waals surface area contributed by atoms with E-state index in [-0.39, 0.29) is 18.7 Å². The number of thiazole rings is 1. The summed E-state index contributed by atoms with van der Waals surface area (Å²) in [5.74, 6) is 0.438. The monoisotopic (exact) mass is 745 g/mol. The molecule has 10 nitrogen and oxygen atoms in total. The molecule has 1 saturated heterocycles. The zero-order valence-electron chi connectivity index (χ0n) is 31.7. The van der Waals surface area contributed by atoms with Crippen molar-refractivity contribution in [2.75, 3.05) is 31.6 Å². The summed E-state index contributed by atoms with van der Waals surface area (Å²) in [6.45, 7) is 16.9. The van der Waals surface area contributed by atoms with Crippen molar-refractivity contribution in [3.8, 4) is 21.7 Å². The van der Waals surface area contributed by atoms with Crippen LogP contribution in [0.2, 0.25) is 5.02 Å². The lowest BCUT2D eigenvalue weighted by atomic mass is 9.91. The van der Waals surface area contributed by atoms with Gasteiger partial charge in [0.25, 0.3) is 0 Å². The molecule has 52 heavy (non-hydrogen) atoms. The second-order valence-corrected chi connectivity index (χ2v) is 16.8. The smallest absolute Gasteiger partial charge is 0.410 e. The summed E-state index contributed by atoms with van der Waals surface area (Å²) in [5.41, 5.74) is 5.01. The zero-order valence-corrected chi connectivity index (χ0v) is 33.2. The number of fused-ring (bicyclic) bond motifs is 2. The summed E-state index contributed by atoms with van der Waals surface area (Å²) in [7, 11) is 3.76. The molecule has 1 aliphatic heterocycles. The molecule has 1 aliphatic rings. The van der Waals surface area contributed by atoms with Gasteiger partial charge in [-0.2, -0.15) is 5.10 Å². The van der Waals surface area contributed by atoms with Gasteiger partial charge in [-0.3, -0.25) is 4.68 Å². The molecular formula is C40H48ClN5O5S. The topological polar surface area (TPSA) is 99.0 Å². The minimum absolute atomic E-state index is 0.00349. The molecule has 0 N–H and O–H groups in total. The number of benzene rings is 3. The van der Waals surface area contributed by atoms with Crippen LogP contribution in [0.15, 0.2) is 48.5 Å². The van der Waals surface area contributed by atoms with Crippen molar-refractivity contribution in [3.63, 3.8) is 0 Å². The molecule has 5 aromatic rings. The fraction of sp³-hybridized carbons (Fsp3) is 0.450. The van der Waals surface area contributed by atoms with Crippen LogP contribution in [0.25, 0.3) is 42.8 Å². The maximum atomic E-state index is 13.6. The van der Waals surface area contributed by atoms with E-state index in [0.29, 0.717) is 11.6 Å². The van der Waals surface area contributed by atoms with Crippen molar-refractivity contribution in [2.45, 2.75) is 85.2 Å². The van der Waals surface area contributed by atoms with Gasteiger partial charge in [0, 0.05) is 54.3 Å². The molecule has 1 fully saturated rings. The lowest BCUT2D eigenvalue weighted by molar-refractivity contribution is -0.166. The van der Waals surface area contributed by atoms with Crippen LogP contribution >= 0.6 is 22.9 Å². The number of halogens is 1. The Morgan fingerprint density at radius 1 is 1.04 bits per heavy atom. The molecule has 0 saturated carbocycles. The van der Waals surface area contributed by atoms with E-state index in [9.17, 15) is 9.59 Å². The fourth-order valence-electron chi connectivity index (χ4n) is 6.72. The first-order chi connectivity index (χ1) is 24.4. The van der Waals surface area contributed by atoms with E-state index in [1.807, 2.05) is 90.5 Å². The average Bonchev–Trinajstić information content (AvgIpc) is 3.79. The first-order valence-corrected chi connectivity index (χ1v) is 18.9. The molecule has 0 aliphatic carbocycles. The summed E-state index contributed by atoms with van der Waals surface area (Å²) < 4.78 is 20.5. The van der Waals surface area contributed by atoms with Gasteiger partial charge >= 0.3 is 12.1 Å². The van der Waals surface area contributed by atoms with E-state index in [1.165, 1.54) is 0 Å². The summed E-state index contributed by atoms with van der Waals surface area (Å²) in [4.78, 5) is 35.5. The SMILES string of the molecule is CCOC(=O)[C@@H](OC(C)(C)C)c1c(C)cc2nc(-c3ccc4c(c3)c(N3CC[C@@H](N(C)C(=O)OC(C)(C)C)C3)nn4C)sc2c1-c1ccc(Cl)cc1. The summed E-state index contributed by atoms with van der Waals surface area (Å²) in [5, 5.41) is 7.40. The number of ether oxygens (including phenoxy) is 3.